The van der Waals surface area contributed by atoms with Crippen LogP contribution in [0.5, 0.6) is 11.5 Å². The Morgan fingerprint density at radius 1 is 1.25 bits per heavy atom. The zero-order valence-electron chi connectivity index (χ0n) is 14.9. The summed E-state index contributed by atoms with van der Waals surface area (Å²) in [5.41, 5.74) is -0.0852. The SMILES string of the molecule is CC1COC(Cn2ncnc2S)(c2cc(F)c(Oc3ccccc3)cc2F)O1. The van der Waals surface area contributed by atoms with Gasteiger partial charge in [0, 0.05) is 6.07 Å². The van der Waals surface area contributed by atoms with Crippen LogP contribution >= 0.6 is 12.6 Å². The number of thiol groups is 1. The van der Waals surface area contributed by atoms with Crippen LogP contribution < -0.4 is 4.74 Å². The quantitative estimate of drug-likeness (QED) is 0.652. The van der Waals surface area contributed by atoms with Crippen molar-refractivity contribution in [2.24, 2.45) is 0 Å². The summed E-state index contributed by atoms with van der Waals surface area (Å²) in [5, 5.41) is 4.33. The van der Waals surface area contributed by atoms with Gasteiger partial charge in [0.2, 0.25) is 5.79 Å². The molecule has 2 atom stereocenters. The summed E-state index contributed by atoms with van der Waals surface area (Å²) in [4.78, 5) is 3.92. The molecule has 1 aliphatic heterocycles. The van der Waals surface area contributed by atoms with Gasteiger partial charge in [-0.25, -0.2) is 18.4 Å². The Morgan fingerprint density at radius 3 is 2.68 bits per heavy atom. The lowest BCUT2D eigenvalue weighted by atomic mass is 10.0. The van der Waals surface area contributed by atoms with E-state index in [1.807, 2.05) is 0 Å². The lowest BCUT2D eigenvalue weighted by molar-refractivity contribution is -0.190. The maximum atomic E-state index is 15.0. The van der Waals surface area contributed by atoms with Crippen molar-refractivity contribution < 1.29 is 23.0 Å². The van der Waals surface area contributed by atoms with E-state index in [9.17, 15) is 4.39 Å². The highest BCUT2D eigenvalue weighted by Crippen LogP contribution is 2.40. The summed E-state index contributed by atoms with van der Waals surface area (Å²) >= 11 is 4.20. The molecule has 4 rings (SSSR count). The molecule has 0 amide bonds. The number of halogens is 2. The van der Waals surface area contributed by atoms with E-state index in [0.717, 1.165) is 12.1 Å². The van der Waals surface area contributed by atoms with Crippen LogP contribution in [0.15, 0.2) is 53.9 Å². The number of aromatic nitrogens is 3. The number of rotatable bonds is 5. The molecular weight excluding hydrogens is 388 g/mol. The molecule has 146 valence electrons. The van der Waals surface area contributed by atoms with Crippen LogP contribution in [0.2, 0.25) is 0 Å². The van der Waals surface area contributed by atoms with Crippen LogP contribution in [-0.4, -0.2) is 27.5 Å². The van der Waals surface area contributed by atoms with Crippen LogP contribution in [-0.2, 0) is 21.8 Å². The molecule has 28 heavy (non-hydrogen) atoms. The average molecular weight is 405 g/mol. The summed E-state index contributed by atoms with van der Waals surface area (Å²) < 4.78 is 48.2. The highest BCUT2D eigenvalue weighted by molar-refractivity contribution is 7.80. The molecule has 0 saturated carbocycles. The van der Waals surface area contributed by atoms with Gasteiger partial charge in [-0.2, -0.15) is 5.10 Å². The van der Waals surface area contributed by atoms with Crippen LogP contribution in [0, 0.1) is 11.6 Å². The second-order valence-electron chi connectivity index (χ2n) is 6.39. The standard InChI is InChI=1S/C19H17F2N3O3S/c1-12-9-25-19(27-12,10-24-18(28)22-11-23-24)14-7-16(21)17(8-15(14)20)26-13-5-3-2-4-6-13/h2-8,11-12H,9-10H2,1H3,(H,22,23,28). The van der Waals surface area contributed by atoms with Crippen molar-refractivity contribution in [2.75, 3.05) is 6.61 Å². The first-order valence-electron chi connectivity index (χ1n) is 8.58. The van der Waals surface area contributed by atoms with Gasteiger partial charge in [-0.05, 0) is 25.1 Å². The lowest BCUT2D eigenvalue weighted by Gasteiger charge is -2.29. The average Bonchev–Trinajstić information content (AvgIpc) is 3.25. The molecule has 0 spiro atoms. The Labute approximate surface area is 165 Å². The summed E-state index contributed by atoms with van der Waals surface area (Å²) in [5.74, 6) is -2.85. The first-order chi connectivity index (χ1) is 13.5. The summed E-state index contributed by atoms with van der Waals surface area (Å²) in [6.45, 7) is 1.97. The summed E-state index contributed by atoms with van der Waals surface area (Å²) in [6.07, 6.45) is 0.997. The zero-order valence-corrected chi connectivity index (χ0v) is 15.8. The third-order valence-electron chi connectivity index (χ3n) is 4.30. The largest absolute Gasteiger partial charge is 0.454 e. The van der Waals surface area contributed by atoms with Crippen molar-refractivity contribution >= 4 is 12.6 Å². The van der Waals surface area contributed by atoms with E-state index in [-0.39, 0.29) is 30.6 Å². The molecule has 0 radical (unpaired) electrons. The molecular formula is C19H17F2N3O3S. The van der Waals surface area contributed by atoms with E-state index in [4.69, 9.17) is 14.2 Å². The van der Waals surface area contributed by atoms with Crippen LogP contribution in [0.1, 0.15) is 12.5 Å². The Bertz CT molecular complexity index is 986. The second kappa shape index (κ2) is 7.50. The van der Waals surface area contributed by atoms with Crippen molar-refractivity contribution in [3.8, 4) is 11.5 Å². The second-order valence-corrected chi connectivity index (χ2v) is 6.79. The molecule has 1 saturated heterocycles. The Kier molecular flexibility index (Phi) is 5.05. The lowest BCUT2D eigenvalue weighted by Crippen LogP contribution is -2.35. The fourth-order valence-electron chi connectivity index (χ4n) is 3.04. The molecule has 2 aromatic carbocycles. The van der Waals surface area contributed by atoms with Gasteiger partial charge in [0.1, 0.15) is 24.4 Å². The smallest absolute Gasteiger partial charge is 0.218 e. The molecule has 9 heteroatoms. The Hall–Kier alpha value is -2.49. The van der Waals surface area contributed by atoms with Gasteiger partial charge in [0.25, 0.3) is 0 Å². The minimum atomic E-state index is -1.55. The molecule has 2 heterocycles. The molecule has 3 aromatic rings. The maximum absolute atomic E-state index is 15.0. The minimum Gasteiger partial charge on any atom is -0.454 e. The van der Waals surface area contributed by atoms with Crippen molar-refractivity contribution in [1.82, 2.24) is 14.8 Å². The van der Waals surface area contributed by atoms with Crippen molar-refractivity contribution in [2.45, 2.75) is 30.5 Å². The first-order valence-corrected chi connectivity index (χ1v) is 9.02. The van der Waals surface area contributed by atoms with Crippen molar-refractivity contribution in [3.63, 3.8) is 0 Å². The third kappa shape index (κ3) is 3.60. The van der Waals surface area contributed by atoms with E-state index >= 15 is 4.39 Å². The van der Waals surface area contributed by atoms with Crippen LogP contribution in [0.3, 0.4) is 0 Å². The molecule has 6 nitrogen and oxygen atoms in total. The van der Waals surface area contributed by atoms with Gasteiger partial charge in [-0.1, -0.05) is 18.2 Å². The van der Waals surface area contributed by atoms with Crippen LogP contribution in [0.4, 0.5) is 8.78 Å². The zero-order chi connectivity index (χ0) is 19.7. The summed E-state index contributed by atoms with van der Waals surface area (Å²) in [7, 11) is 0. The molecule has 0 N–H and O–H groups in total. The molecule has 2 unspecified atom stereocenters. The van der Waals surface area contributed by atoms with Crippen molar-refractivity contribution in [3.05, 3.63) is 66.0 Å². The van der Waals surface area contributed by atoms with Crippen molar-refractivity contribution in [1.29, 1.82) is 0 Å². The van der Waals surface area contributed by atoms with Gasteiger partial charge in [0.05, 0.1) is 18.3 Å². The molecule has 0 bridgehead atoms. The molecule has 1 aliphatic rings. The Balaban J connectivity index is 1.71. The van der Waals surface area contributed by atoms with E-state index < -0.39 is 17.4 Å². The normalized spacial score (nSPS) is 21.8. The number of hydrogen-bond acceptors (Lipinski definition) is 6. The monoisotopic (exact) mass is 405 g/mol. The van der Waals surface area contributed by atoms with E-state index in [2.05, 4.69) is 22.7 Å². The van der Waals surface area contributed by atoms with E-state index in [1.54, 1.807) is 37.3 Å². The van der Waals surface area contributed by atoms with Gasteiger partial charge in [-0.15, -0.1) is 12.6 Å². The van der Waals surface area contributed by atoms with E-state index in [0.29, 0.717) is 10.9 Å². The van der Waals surface area contributed by atoms with Crippen LogP contribution in [0.25, 0.3) is 0 Å². The summed E-state index contributed by atoms with van der Waals surface area (Å²) in [6, 6.07) is 10.6. The van der Waals surface area contributed by atoms with E-state index in [1.165, 1.54) is 11.0 Å². The molecule has 1 fully saturated rings. The number of hydrogen-bond donors (Lipinski definition) is 1. The highest BCUT2D eigenvalue weighted by atomic mass is 32.1. The van der Waals surface area contributed by atoms with Gasteiger partial charge in [-0.3, -0.25) is 0 Å². The Morgan fingerprint density at radius 2 is 2.04 bits per heavy atom. The first kappa shape index (κ1) is 18.9. The minimum absolute atomic E-state index is 0.0363. The number of nitrogens with zero attached hydrogens (tertiary/aromatic N) is 3. The van der Waals surface area contributed by atoms with Gasteiger partial charge in [0.15, 0.2) is 16.7 Å². The maximum Gasteiger partial charge on any atom is 0.218 e. The molecule has 0 aliphatic carbocycles. The number of ether oxygens (including phenoxy) is 3. The fraction of sp³-hybridized carbons (Fsp3) is 0.263. The highest BCUT2D eigenvalue weighted by Gasteiger charge is 2.45. The third-order valence-corrected chi connectivity index (χ3v) is 4.65. The predicted octanol–water partition coefficient (Wildman–Crippen LogP) is 3.93. The predicted molar refractivity (Wildman–Crippen MR) is 98.3 cm³/mol. The molecule has 1 aromatic heterocycles. The fourth-order valence-corrected chi connectivity index (χ4v) is 3.21. The number of para-hydroxylation sites is 1. The number of benzene rings is 2. The van der Waals surface area contributed by atoms with Gasteiger partial charge < -0.3 is 14.2 Å². The van der Waals surface area contributed by atoms with Gasteiger partial charge >= 0.3 is 0 Å². The topological polar surface area (TPSA) is 58.4 Å².